The van der Waals surface area contributed by atoms with Gasteiger partial charge in [0.05, 0.1) is 6.54 Å². The number of likely N-dealkylation sites (N-methyl/N-ethyl adjacent to an activating group) is 1. The molecule has 0 heterocycles. The minimum absolute atomic E-state index is 0.00363. The molecule has 88 valence electrons. The van der Waals surface area contributed by atoms with E-state index in [1.807, 2.05) is 13.8 Å². The first kappa shape index (κ1) is 13.9. The van der Waals surface area contributed by atoms with Gasteiger partial charge in [0, 0.05) is 13.0 Å². The standard InChI is InChI=1S/C10H21N3O2/c1-3-8(6-11)5-10(15)13(4-2)7-9(12)14/h8H,3-7,11H2,1-2H3,(H2,12,14). The third-order valence-corrected chi connectivity index (χ3v) is 2.46. The molecule has 0 spiro atoms. The van der Waals surface area contributed by atoms with Crippen molar-refractivity contribution in [2.75, 3.05) is 19.6 Å². The Hall–Kier alpha value is -1.10. The monoisotopic (exact) mass is 215 g/mol. The van der Waals surface area contributed by atoms with Gasteiger partial charge in [-0.2, -0.15) is 0 Å². The van der Waals surface area contributed by atoms with Crippen LogP contribution in [0.15, 0.2) is 0 Å². The Labute approximate surface area is 90.8 Å². The molecule has 0 aromatic rings. The summed E-state index contributed by atoms with van der Waals surface area (Å²) in [6.45, 7) is 4.81. The van der Waals surface area contributed by atoms with Gasteiger partial charge in [0.1, 0.15) is 0 Å². The molecular formula is C10H21N3O2. The first-order valence-electron chi connectivity index (χ1n) is 5.31. The van der Waals surface area contributed by atoms with Crippen LogP contribution in [0, 0.1) is 5.92 Å². The van der Waals surface area contributed by atoms with E-state index < -0.39 is 5.91 Å². The first-order valence-corrected chi connectivity index (χ1v) is 5.31. The molecule has 0 fully saturated rings. The van der Waals surface area contributed by atoms with E-state index in [4.69, 9.17) is 11.5 Å². The fourth-order valence-corrected chi connectivity index (χ4v) is 1.33. The Kier molecular flexibility index (Phi) is 6.70. The first-order chi connectivity index (χ1) is 7.04. The largest absolute Gasteiger partial charge is 0.368 e. The summed E-state index contributed by atoms with van der Waals surface area (Å²) < 4.78 is 0. The van der Waals surface area contributed by atoms with E-state index in [1.54, 1.807) is 0 Å². The quantitative estimate of drug-likeness (QED) is 0.610. The third kappa shape index (κ3) is 5.37. The molecule has 0 aliphatic heterocycles. The van der Waals surface area contributed by atoms with Gasteiger partial charge in [0.15, 0.2) is 0 Å². The van der Waals surface area contributed by atoms with Crippen LogP contribution in [0.5, 0.6) is 0 Å². The van der Waals surface area contributed by atoms with Crippen LogP contribution in [0.2, 0.25) is 0 Å². The van der Waals surface area contributed by atoms with Crippen molar-refractivity contribution in [3.63, 3.8) is 0 Å². The Bertz CT molecular complexity index is 215. The molecule has 5 nitrogen and oxygen atoms in total. The van der Waals surface area contributed by atoms with Crippen molar-refractivity contribution in [3.05, 3.63) is 0 Å². The van der Waals surface area contributed by atoms with Gasteiger partial charge in [0.2, 0.25) is 11.8 Å². The van der Waals surface area contributed by atoms with Crippen LogP contribution in [-0.2, 0) is 9.59 Å². The van der Waals surface area contributed by atoms with E-state index in [0.29, 0.717) is 19.5 Å². The topological polar surface area (TPSA) is 89.4 Å². The Balaban J connectivity index is 4.19. The molecule has 5 heteroatoms. The zero-order valence-corrected chi connectivity index (χ0v) is 9.53. The Morgan fingerprint density at radius 2 is 1.93 bits per heavy atom. The van der Waals surface area contributed by atoms with Crippen LogP contribution >= 0.6 is 0 Å². The van der Waals surface area contributed by atoms with E-state index >= 15 is 0 Å². The van der Waals surface area contributed by atoms with Crippen molar-refractivity contribution in [3.8, 4) is 0 Å². The molecule has 15 heavy (non-hydrogen) atoms. The third-order valence-electron chi connectivity index (χ3n) is 2.46. The van der Waals surface area contributed by atoms with Crippen LogP contribution in [0.25, 0.3) is 0 Å². The van der Waals surface area contributed by atoms with E-state index in [9.17, 15) is 9.59 Å². The number of carbonyl (C=O) groups excluding carboxylic acids is 2. The SMILES string of the molecule is CCC(CN)CC(=O)N(CC)CC(N)=O. The molecule has 0 aromatic heterocycles. The predicted molar refractivity (Wildman–Crippen MR) is 58.9 cm³/mol. The van der Waals surface area contributed by atoms with Crippen LogP contribution in [0.3, 0.4) is 0 Å². The molecule has 0 aliphatic rings. The molecule has 0 saturated carbocycles. The molecule has 0 saturated heterocycles. The average Bonchev–Trinajstić information content (AvgIpc) is 2.21. The second-order valence-electron chi connectivity index (χ2n) is 3.59. The lowest BCUT2D eigenvalue weighted by Crippen LogP contribution is -2.39. The van der Waals surface area contributed by atoms with E-state index in [0.717, 1.165) is 6.42 Å². The second-order valence-corrected chi connectivity index (χ2v) is 3.59. The normalized spacial score (nSPS) is 12.2. The number of nitrogens with two attached hydrogens (primary N) is 2. The molecule has 1 atom stereocenters. The lowest BCUT2D eigenvalue weighted by atomic mass is 10.0. The van der Waals surface area contributed by atoms with Gasteiger partial charge in [-0.25, -0.2) is 0 Å². The van der Waals surface area contributed by atoms with Crippen molar-refractivity contribution in [2.45, 2.75) is 26.7 Å². The molecule has 0 radical (unpaired) electrons. The van der Waals surface area contributed by atoms with Crippen molar-refractivity contribution >= 4 is 11.8 Å². The predicted octanol–water partition coefficient (Wildman–Crippen LogP) is -0.305. The zero-order chi connectivity index (χ0) is 11.8. The Morgan fingerprint density at radius 1 is 1.33 bits per heavy atom. The molecule has 0 rings (SSSR count). The van der Waals surface area contributed by atoms with Gasteiger partial charge in [-0.15, -0.1) is 0 Å². The highest BCUT2D eigenvalue weighted by Crippen LogP contribution is 2.08. The highest BCUT2D eigenvalue weighted by molar-refractivity contribution is 5.83. The maximum Gasteiger partial charge on any atom is 0.237 e. The molecule has 0 bridgehead atoms. The summed E-state index contributed by atoms with van der Waals surface area (Å²) in [6, 6.07) is 0. The van der Waals surface area contributed by atoms with Gasteiger partial charge in [-0.3, -0.25) is 9.59 Å². The van der Waals surface area contributed by atoms with Crippen molar-refractivity contribution in [2.24, 2.45) is 17.4 Å². The lowest BCUT2D eigenvalue weighted by Gasteiger charge is -2.21. The van der Waals surface area contributed by atoms with Gasteiger partial charge in [-0.1, -0.05) is 13.3 Å². The van der Waals surface area contributed by atoms with Crippen molar-refractivity contribution in [1.82, 2.24) is 4.90 Å². The molecular weight excluding hydrogens is 194 g/mol. The molecule has 2 amide bonds. The van der Waals surface area contributed by atoms with Gasteiger partial charge in [-0.05, 0) is 19.4 Å². The summed E-state index contributed by atoms with van der Waals surface area (Å²) in [4.78, 5) is 23.9. The van der Waals surface area contributed by atoms with E-state index in [2.05, 4.69) is 0 Å². The van der Waals surface area contributed by atoms with Crippen LogP contribution in [-0.4, -0.2) is 36.3 Å². The minimum Gasteiger partial charge on any atom is -0.368 e. The van der Waals surface area contributed by atoms with Crippen molar-refractivity contribution in [1.29, 1.82) is 0 Å². The lowest BCUT2D eigenvalue weighted by molar-refractivity contribution is -0.135. The number of carbonyl (C=O) groups is 2. The second kappa shape index (κ2) is 7.23. The Morgan fingerprint density at radius 3 is 2.27 bits per heavy atom. The fourth-order valence-electron chi connectivity index (χ4n) is 1.33. The molecule has 1 unspecified atom stereocenters. The van der Waals surface area contributed by atoms with Crippen LogP contribution < -0.4 is 11.5 Å². The summed E-state index contributed by atoms with van der Waals surface area (Å²) >= 11 is 0. The maximum absolute atomic E-state index is 11.7. The van der Waals surface area contributed by atoms with Gasteiger partial charge in [0.25, 0.3) is 0 Å². The summed E-state index contributed by atoms with van der Waals surface area (Å²) in [7, 11) is 0. The molecule has 0 aliphatic carbocycles. The van der Waals surface area contributed by atoms with Gasteiger partial charge >= 0.3 is 0 Å². The zero-order valence-electron chi connectivity index (χ0n) is 9.53. The van der Waals surface area contributed by atoms with Crippen LogP contribution in [0.1, 0.15) is 26.7 Å². The number of amides is 2. The number of primary amides is 1. The molecule has 4 N–H and O–H groups in total. The van der Waals surface area contributed by atoms with Gasteiger partial charge < -0.3 is 16.4 Å². The summed E-state index contributed by atoms with van der Waals surface area (Å²) in [5.74, 6) is -0.334. The maximum atomic E-state index is 11.7. The highest BCUT2D eigenvalue weighted by Gasteiger charge is 2.17. The highest BCUT2D eigenvalue weighted by atomic mass is 16.2. The van der Waals surface area contributed by atoms with E-state index in [-0.39, 0.29) is 18.4 Å². The average molecular weight is 215 g/mol. The smallest absolute Gasteiger partial charge is 0.237 e. The minimum atomic E-state index is -0.481. The summed E-state index contributed by atoms with van der Waals surface area (Å²) in [6.07, 6.45) is 1.27. The number of hydrogen-bond acceptors (Lipinski definition) is 3. The number of rotatable bonds is 7. The molecule has 0 aromatic carbocycles. The number of hydrogen-bond donors (Lipinski definition) is 2. The number of nitrogens with zero attached hydrogens (tertiary/aromatic N) is 1. The summed E-state index contributed by atoms with van der Waals surface area (Å²) in [5.41, 5.74) is 10.6. The van der Waals surface area contributed by atoms with Crippen molar-refractivity contribution < 1.29 is 9.59 Å². The summed E-state index contributed by atoms with van der Waals surface area (Å²) in [5, 5.41) is 0. The van der Waals surface area contributed by atoms with E-state index in [1.165, 1.54) is 4.90 Å². The fraction of sp³-hybridized carbons (Fsp3) is 0.800. The van der Waals surface area contributed by atoms with Crippen LogP contribution in [0.4, 0.5) is 0 Å².